The fourth-order valence-corrected chi connectivity index (χ4v) is 9.43. The summed E-state index contributed by atoms with van der Waals surface area (Å²) in [7, 11) is 0. The van der Waals surface area contributed by atoms with Gasteiger partial charge in [0.05, 0.1) is 23.4 Å². The molecule has 17 heteroatoms. The molecule has 2 saturated heterocycles. The average molecular weight is 799 g/mol. The van der Waals surface area contributed by atoms with E-state index in [4.69, 9.17) is 32.0 Å². The molecule has 2 aliphatic heterocycles. The monoisotopic (exact) mass is 797 g/mol. The molecule has 5 aromatic rings. The normalized spacial score (nSPS) is 27.5. The molecule has 2 aliphatic carbocycles. The molecule has 6 atom stereocenters. The predicted molar refractivity (Wildman–Crippen MR) is 183 cm³/mol. The molecular weight excluding hydrogens is 776 g/mol. The largest absolute Gasteiger partial charge is 0.463 e. The van der Waals surface area contributed by atoms with Gasteiger partial charge in [-0.15, -0.1) is 23.2 Å². The van der Waals surface area contributed by atoms with Gasteiger partial charge in [-0.2, -0.15) is 0 Å². The molecule has 6 unspecified atom stereocenters. The Morgan fingerprint density at radius 2 is 1.45 bits per heavy atom. The van der Waals surface area contributed by atoms with Crippen molar-refractivity contribution in [3.8, 4) is 11.5 Å². The summed E-state index contributed by atoms with van der Waals surface area (Å²) >= 11 is 14.2. The molecule has 9 rings (SSSR count). The van der Waals surface area contributed by atoms with Gasteiger partial charge in [-0.1, -0.05) is 23.8 Å². The quantitative estimate of drug-likeness (QED) is 0.0500. The van der Waals surface area contributed by atoms with Crippen LogP contribution in [0.3, 0.4) is 0 Å². The second kappa shape index (κ2) is 12.1. The number of rotatable bonds is 5. The van der Waals surface area contributed by atoms with Crippen molar-refractivity contribution in [2.24, 2.45) is 17.8 Å². The summed E-state index contributed by atoms with van der Waals surface area (Å²) in [6.07, 6.45) is 0.811. The fourth-order valence-electron chi connectivity index (χ4n) is 8.52. The van der Waals surface area contributed by atoms with Gasteiger partial charge in [0.1, 0.15) is 29.3 Å². The third kappa shape index (κ3) is 4.60. The Hall–Kier alpha value is -5.38. The van der Waals surface area contributed by atoms with Gasteiger partial charge >= 0.3 is 0 Å². The minimum Gasteiger partial charge on any atom is -0.463 e. The molecule has 3 aromatic carbocycles. The molecule has 0 bridgehead atoms. The van der Waals surface area contributed by atoms with Crippen molar-refractivity contribution >= 4 is 69.3 Å². The number of imide groups is 2. The number of furan rings is 1. The highest BCUT2D eigenvalue weighted by Crippen LogP contribution is 2.66. The van der Waals surface area contributed by atoms with Crippen LogP contribution in [-0.2, 0) is 25.8 Å². The van der Waals surface area contributed by atoms with Crippen LogP contribution in [0.5, 0.6) is 0 Å². The van der Waals surface area contributed by atoms with Crippen LogP contribution in [0.4, 0.5) is 33.3 Å². The minimum atomic E-state index is -2.74. The molecule has 55 heavy (non-hydrogen) atoms. The summed E-state index contributed by atoms with van der Waals surface area (Å²) in [4.78, 5) is 56.8. The Kier molecular flexibility index (Phi) is 7.75. The van der Waals surface area contributed by atoms with Crippen molar-refractivity contribution in [3.63, 3.8) is 0 Å². The van der Waals surface area contributed by atoms with Crippen LogP contribution in [0.15, 0.2) is 81.1 Å². The first kappa shape index (κ1) is 35.3. The number of anilines is 2. The first-order valence-corrected chi connectivity index (χ1v) is 17.5. The van der Waals surface area contributed by atoms with E-state index >= 15 is 8.78 Å². The molecule has 3 fully saturated rings. The van der Waals surface area contributed by atoms with Gasteiger partial charge in [-0.05, 0) is 67.3 Å². The van der Waals surface area contributed by atoms with E-state index in [0.29, 0.717) is 22.6 Å². The van der Waals surface area contributed by atoms with Crippen LogP contribution < -0.4 is 9.80 Å². The van der Waals surface area contributed by atoms with Gasteiger partial charge in [-0.3, -0.25) is 24.1 Å². The summed E-state index contributed by atoms with van der Waals surface area (Å²) < 4.78 is 85.0. The van der Waals surface area contributed by atoms with Crippen LogP contribution in [0.2, 0.25) is 0 Å². The van der Waals surface area contributed by atoms with Crippen LogP contribution in [0.25, 0.3) is 22.6 Å². The van der Waals surface area contributed by atoms with Crippen molar-refractivity contribution in [1.29, 1.82) is 0 Å². The molecule has 1 N–H and O–H groups in total. The zero-order valence-electron chi connectivity index (χ0n) is 27.7. The summed E-state index contributed by atoms with van der Waals surface area (Å²) in [5.41, 5.74) is 0.269. The number of aliphatic hydroxyl groups excluding tert-OH is 1. The van der Waals surface area contributed by atoms with Crippen LogP contribution in [-0.4, -0.2) is 43.5 Å². The van der Waals surface area contributed by atoms with E-state index < -0.39 is 105 Å². The molecule has 0 spiro atoms. The van der Waals surface area contributed by atoms with Crippen molar-refractivity contribution in [3.05, 3.63) is 113 Å². The van der Waals surface area contributed by atoms with Crippen molar-refractivity contribution < 1.29 is 55.1 Å². The third-order valence-corrected chi connectivity index (χ3v) is 12.4. The fraction of sp³-hybridized carbons (Fsp3) is 0.237. The number of aliphatic hydroxyl groups is 1. The Morgan fingerprint density at radius 1 is 0.782 bits per heavy atom. The van der Waals surface area contributed by atoms with Gasteiger partial charge in [0.2, 0.25) is 23.5 Å². The van der Waals surface area contributed by atoms with Gasteiger partial charge < -0.3 is 13.9 Å². The SMILES string of the molecule is O=C1C2CC=C3C(CC4(Cl)C(=O)N(c5c(F)c(F)c(F)c(F)c5F)C(=O)C4(Cl)C3c3ccc(CO)o3)C2C(=O)N1c1ccc(-c2nc3ccccc3o2)cc1. The molecule has 10 nitrogen and oxygen atoms in total. The maximum Gasteiger partial charge on any atom is 0.258 e. The zero-order chi connectivity index (χ0) is 38.9. The standard InChI is InChI=1S/C38H22Cl2F5N3O7/c39-37-13-20-18(10-11-19-24(20)34(51)47(33(19)50)16-7-5-15(6-8-16)32-46-21-3-1-2-4-22(21)55-32)25(23-12-9-17(14-49)54-23)38(37,40)36(53)48(35(37)52)31-29(44)27(42)26(41)28(43)30(31)45/h1-10,12,19-20,24-25,49H,11,13-14H2. The van der Waals surface area contributed by atoms with E-state index in [9.17, 15) is 37.5 Å². The molecule has 4 amide bonds. The van der Waals surface area contributed by atoms with Crippen molar-refractivity contribution in [2.75, 3.05) is 9.80 Å². The molecule has 2 aromatic heterocycles. The summed E-state index contributed by atoms with van der Waals surface area (Å²) in [5.74, 6) is -21.7. The number of fused-ring (bicyclic) bond motifs is 5. The van der Waals surface area contributed by atoms with E-state index in [1.807, 2.05) is 0 Å². The first-order chi connectivity index (χ1) is 26.2. The number of benzene rings is 3. The lowest BCUT2D eigenvalue weighted by molar-refractivity contribution is -0.125. The van der Waals surface area contributed by atoms with Gasteiger partial charge in [-0.25, -0.2) is 31.8 Å². The van der Waals surface area contributed by atoms with Gasteiger partial charge in [0.25, 0.3) is 11.8 Å². The number of alkyl halides is 2. The maximum atomic E-state index is 15.2. The average Bonchev–Trinajstić information content (AvgIpc) is 3.93. The zero-order valence-corrected chi connectivity index (χ0v) is 29.2. The maximum absolute atomic E-state index is 15.2. The van der Waals surface area contributed by atoms with E-state index in [0.717, 1.165) is 4.90 Å². The molecule has 4 aliphatic rings. The highest BCUT2D eigenvalue weighted by atomic mass is 35.5. The Bertz CT molecular complexity index is 2510. The number of carbonyl (C=O) groups is 4. The number of hydrogen-bond donors (Lipinski definition) is 1. The molecule has 1 saturated carbocycles. The third-order valence-electron chi connectivity index (χ3n) is 11.0. The second-order valence-electron chi connectivity index (χ2n) is 13.7. The van der Waals surface area contributed by atoms with Gasteiger partial charge in [0, 0.05) is 5.56 Å². The molecule has 4 heterocycles. The summed E-state index contributed by atoms with van der Waals surface area (Å²) in [5, 5.41) is 9.77. The molecule has 0 radical (unpaired) electrons. The molecule has 280 valence electrons. The first-order valence-electron chi connectivity index (χ1n) is 16.7. The number of allylic oxidation sites excluding steroid dienone is 2. The van der Waals surface area contributed by atoms with E-state index in [1.165, 1.54) is 24.3 Å². The lowest BCUT2D eigenvalue weighted by Gasteiger charge is -2.49. The van der Waals surface area contributed by atoms with Gasteiger partial charge in [0.15, 0.2) is 38.6 Å². The molecular formula is C38H22Cl2F5N3O7. The Balaban J connectivity index is 1.13. The Labute approximate surface area is 315 Å². The van der Waals surface area contributed by atoms with E-state index in [-0.39, 0.29) is 34.1 Å². The smallest absolute Gasteiger partial charge is 0.258 e. The number of halogens is 7. The number of para-hydroxylation sites is 2. The van der Waals surface area contributed by atoms with Crippen molar-refractivity contribution in [2.45, 2.75) is 35.1 Å². The topological polar surface area (TPSA) is 134 Å². The van der Waals surface area contributed by atoms with Crippen molar-refractivity contribution in [1.82, 2.24) is 4.98 Å². The lowest BCUT2D eigenvalue weighted by atomic mass is 9.57. The number of aromatic nitrogens is 1. The van der Waals surface area contributed by atoms with E-state index in [1.54, 1.807) is 42.5 Å². The van der Waals surface area contributed by atoms with Crippen LogP contribution in [0.1, 0.15) is 30.3 Å². The number of oxazole rings is 1. The lowest BCUT2D eigenvalue weighted by Crippen LogP contribution is -2.60. The number of amides is 4. The number of carbonyl (C=O) groups excluding carboxylic acids is 4. The van der Waals surface area contributed by atoms with E-state index in [2.05, 4.69) is 4.98 Å². The highest BCUT2D eigenvalue weighted by molar-refractivity contribution is 6.58. The summed E-state index contributed by atoms with van der Waals surface area (Å²) in [6, 6.07) is 16.0. The second-order valence-corrected chi connectivity index (χ2v) is 14.9. The Morgan fingerprint density at radius 3 is 2.11 bits per heavy atom. The summed E-state index contributed by atoms with van der Waals surface area (Å²) in [6.45, 7) is -0.627. The number of nitrogens with zero attached hydrogens (tertiary/aromatic N) is 3. The van der Waals surface area contributed by atoms with Crippen LogP contribution in [0, 0.1) is 46.8 Å². The highest BCUT2D eigenvalue weighted by Gasteiger charge is 2.77. The number of hydrogen-bond acceptors (Lipinski definition) is 8. The predicted octanol–water partition coefficient (Wildman–Crippen LogP) is 7.04. The minimum absolute atomic E-state index is 0.0279. The van der Waals surface area contributed by atoms with Crippen LogP contribution >= 0.6 is 23.2 Å².